The van der Waals surface area contributed by atoms with Crippen molar-refractivity contribution in [2.24, 2.45) is 5.73 Å². The highest BCUT2D eigenvalue weighted by Gasteiger charge is 2.24. The van der Waals surface area contributed by atoms with Crippen molar-refractivity contribution in [1.29, 1.82) is 0 Å². The Bertz CT molecular complexity index is 514. The third-order valence-electron chi connectivity index (χ3n) is 2.84. The van der Waals surface area contributed by atoms with E-state index in [0.717, 1.165) is 5.56 Å². The van der Waals surface area contributed by atoms with Crippen LogP contribution in [0.3, 0.4) is 0 Å². The smallest absolute Gasteiger partial charge is 0.132 e. The first kappa shape index (κ1) is 13.4. The summed E-state index contributed by atoms with van der Waals surface area (Å²) in [5, 5.41) is 11.2. The number of halogens is 2. The highest BCUT2D eigenvalue weighted by molar-refractivity contribution is 6.42. The van der Waals surface area contributed by atoms with Gasteiger partial charge in [0, 0.05) is 12.5 Å². The van der Waals surface area contributed by atoms with Crippen molar-refractivity contribution >= 4 is 23.2 Å². The summed E-state index contributed by atoms with van der Waals surface area (Å²) in [6.07, 6.45) is 0.711. The second-order valence-corrected chi connectivity index (χ2v) is 4.79. The van der Waals surface area contributed by atoms with Crippen LogP contribution in [0.5, 0.6) is 0 Å². The second-order valence-electron chi connectivity index (χ2n) is 3.98. The van der Waals surface area contributed by atoms with Crippen molar-refractivity contribution in [2.75, 3.05) is 6.54 Å². The highest BCUT2D eigenvalue weighted by atomic mass is 35.5. The van der Waals surface area contributed by atoms with Gasteiger partial charge >= 0.3 is 0 Å². The molecule has 18 heavy (non-hydrogen) atoms. The topological polar surface area (TPSA) is 59.4 Å². The van der Waals surface area contributed by atoms with E-state index in [-0.39, 0.29) is 12.5 Å². The first-order valence-electron chi connectivity index (χ1n) is 5.50. The molecule has 0 saturated carbocycles. The van der Waals surface area contributed by atoms with Gasteiger partial charge < -0.3 is 15.3 Å². The van der Waals surface area contributed by atoms with Crippen LogP contribution in [0.1, 0.15) is 23.3 Å². The van der Waals surface area contributed by atoms with Crippen LogP contribution < -0.4 is 5.73 Å². The molecule has 96 valence electrons. The zero-order valence-electron chi connectivity index (χ0n) is 9.51. The summed E-state index contributed by atoms with van der Waals surface area (Å²) in [6.45, 7) is 0.278. The summed E-state index contributed by atoms with van der Waals surface area (Å²) in [4.78, 5) is 0. The van der Waals surface area contributed by atoms with E-state index in [9.17, 15) is 5.11 Å². The maximum atomic E-state index is 10.2. The molecule has 0 aliphatic carbocycles. The highest BCUT2D eigenvalue weighted by Crippen LogP contribution is 2.33. The molecule has 0 saturated heterocycles. The third-order valence-corrected chi connectivity index (χ3v) is 3.58. The van der Waals surface area contributed by atoms with Crippen molar-refractivity contribution in [1.82, 2.24) is 0 Å². The third kappa shape index (κ3) is 2.70. The predicted molar refractivity (Wildman–Crippen MR) is 71.9 cm³/mol. The lowest BCUT2D eigenvalue weighted by Crippen LogP contribution is -2.19. The lowest BCUT2D eigenvalue weighted by Gasteiger charge is -2.20. The fourth-order valence-electron chi connectivity index (χ4n) is 1.85. The van der Waals surface area contributed by atoms with Crippen LogP contribution in [0.2, 0.25) is 10.0 Å². The van der Waals surface area contributed by atoms with E-state index >= 15 is 0 Å². The molecular weight excluding hydrogens is 273 g/mol. The fourth-order valence-corrected chi connectivity index (χ4v) is 2.15. The Morgan fingerprint density at radius 1 is 1.22 bits per heavy atom. The minimum atomic E-state index is -0.803. The van der Waals surface area contributed by atoms with Gasteiger partial charge in [-0.2, -0.15) is 0 Å². The Kier molecular flexibility index (Phi) is 4.30. The van der Waals surface area contributed by atoms with Crippen LogP contribution in [-0.2, 0) is 0 Å². The molecule has 1 heterocycles. The van der Waals surface area contributed by atoms with Crippen LogP contribution in [0, 0.1) is 0 Å². The molecule has 0 amide bonds. The quantitative estimate of drug-likeness (QED) is 0.906. The largest absolute Gasteiger partial charge is 0.467 e. The lowest BCUT2D eigenvalue weighted by atomic mass is 9.92. The Balaban J connectivity index is 2.30. The molecule has 0 radical (unpaired) electrons. The van der Waals surface area contributed by atoms with Gasteiger partial charge in [0.25, 0.3) is 0 Å². The van der Waals surface area contributed by atoms with Crippen LogP contribution in [-0.4, -0.2) is 11.7 Å². The Hall–Kier alpha value is -1.00. The lowest BCUT2D eigenvalue weighted by molar-refractivity contribution is 0.122. The summed E-state index contributed by atoms with van der Waals surface area (Å²) in [6, 6.07) is 8.65. The Morgan fingerprint density at radius 2 is 2.00 bits per heavy atom. The zero-order chi connectivity index (χ0) is 13.1. The van der Waals surface area contributed by atoms with Gasteiger partial charge in [-0.25, -0.2) is 0 Å². The van der Waals surface area contributed by atoms with Crippen LogP contribution in [0.15, 0.2) is 41.0 Å². The number of hydrogen-bond donors (Lipinski definition) is 2. The van der Waals surface area contributed by atoms with Crippen molar-refractivity contribution in [3.05, 3.63) is 58.0 Å². The van der Waals surface area contributed by atoms with Crippen LogP contribution in [0.25, 0.3) is 0 Å². The fraction of sp³-hybridized carbons (Fsp3) is 0.231. The molecule has 0 fully saturated rings. The number of benzene rings is 1. The molecular formula is C13H13Cl2NO2. The Morgan fingerprint density at radius 3 is 2.56 bits per heavy atom. The Labute approximate surface area is 115 Å². The maximum absolute atomic E-state index is 10.2. The molecule has 0 bridgehead atoms. The minimum absolute atomic E-state index is 0.278. The standard InChI is InChI=1S/C13H13Cl2NO2/c14-10-4-3-8(6-11(10)15)9(7-16)13(17)12-2-1-5-18-12/h1-6,9,13,17H,7,16H2. The molecule has 2 unspecified atom stereocenters. The van der Waals surface area contributed by atoms with Gasteiger partial charge in [0.1, 0.15) is 11.9 Å². The van der Waals surface area contributed by atoms with E-state index < -0.39 is 6.10 Å². The van der Waals surface area contributed by atoms with E-state index in [2.05, 4.69) is 0 Å². The van der Waals surface area contributed by atoms with E-state index in [0.29, 0.717) is 15.8 Å². The van der Waals surface area contributed by atoms with Crippen LogP contribution >= 0.6 is 23.2 Å². The SMILES string of the molecule is NCC(c1ccc(Cl)c(Cl)c1)C(O)c1ccco1. The van der Waals surface area contributed by atoms with E-state index in [1.807, 2.05) is 0 Å². The molecule has 5 heteroatoms. The molecule has 0 spiro atoms. The first-order chi connectivity index (χ1) is 8.63. The summed E-state index contributed by atoms with van der Waals surface area (Å²) >= 11 is 11.8. The summed E-state index contributed by atoms with van der Waals surface area (Å²) in [5.41, 5.74) is 6.55. The normalized spacial score (nSPS) is 14.4. The van der Waals surface area contributed by atoms with Gasteiger partial charge in [0.15, 0.2) is 0 Å². The van der Waals surface area contributed by atoms with Gasteiger partial charge in [0.2, 0.25) is 0 Å². The molecule has 2 aromatic rings. The molecule has 0 aliphatic rings. The summed E-state index contributed by atoms with van der Waals surface area (Å²) < 4.78 is 5.19. The number of furan rings is 1. The molecule has 0 aliphatic heterocycles. The summed E-state index contributed by atoms with van der Waals surface area (Å²) in [5.74, 6) is 0.197. The molecule has 3 nitrogen and oxygen atoms in total. The van der Waals surface area contributed by atoms with Gasteiger partial charge in [-0.15, -0.1) is 0 Å². The van der Waals surface area contributed by atoms with Crippen molar-refractivity contribution in [3.8, 4) is 0 Å². The molecule has 2 atom stereocenters. The predicted octanol–water partition coefficient (Wildman–Crippen LogP) is 3.36. The monoisotopic (exact) mass is 285 g/mol. The maximum Gasteiger partial charge on any atom is 0.132 e. The van der Waals surface area contributed by atoms with Gasteiger partial charge in [-0.1, -0.05) is 29.3 Å². The van der Waals surface area contributed by atoms with Crippen molar-refractivity contribution in [3.63, 3.8) is 0 Å². The van der Waals surface area contributed by atoms with Gasteiger partial charge in [-0.05, 0) is 29.8 Å². The number of rotatable bonds is 4. The number of aliphatic hydroxyl groups excluding tert-OH is 1. The van der Waals surface area contributed by atoms with Gasteiger partial charge in [0.05, 0.1) is 16.3 Å². The summed E-state index contributed by atoms with van der Waals surface area (Å²) in [7, 11) is 0. The van der Waals surface area contributed by atoms with Gasteiger partial charge in [-0.3, -0.25) is 0 Å². The molecule has 1 aromatic heterocycles. The molecule has 3 N–H and O–H groups in total. The van der Waals surface area contributed by atoms with E-state index in [4.69, 9.17) is 33.4 Å². The zero-order valence-corrected chi connectivity index (χ0v) is 11.0. The average Bonchev–Trinajstić information content (AvgIpc) is 2.88. The van der Waals surface area contributed by atoms with Crippen molar-refractivity contribution in [2.45, 2.75) is 12.0 Å². The van der Waals surface area contributed by atoms with Crippen LogP contribution in [0.4, 0.5) is 0 Å². The number of aliphatic hydroxyl groups is 1. The molecule has 1 aromatic carbocycles. The van der Waals surface area contributed by atoms with E-state index in [1.54, 1.807) is 30.3 Å². The number of hydrogen-bond acceptors (Lipinski definition) is 3. The number of nitrogens with two attached hydrogens (primary N) is 1. The first-order valence-corrected chi connectivity index (χ1v) is 6.25. The van der Waals surface area contributed by atoms with E-state index in [1.165, 1.54) is 6.26 Å². The average molecular weight is 286 g/mol. The minimum Gasteiger partial charge on any atom is -0.467 e. The molecule has 2 rings (SSSR count). The second kappa shape index (κ2) is 5.76. The van der Waals surface area contributed by atoms with Crippen molar-refractivity contribution < 1.29 is 9.52 Å².